The van der Waals surface area contributed by atoms with E-state index in [1.807, 2.05) is 37.3 Å². The predicted molar refractivity (Wildman–Crippen MR) is 107 cm³/mol. The van der Waals surface area contributed by atoms with Crippen molar-refractivity contribution in [2.75, 3.05) is 0 Å². The molecule has 2 aromatic rings. The van der Waals surface area contributed by atoms with Crippen LogP contribution in [0.25, 0.3) is 0 Å². The molecule has 0 amide bonds. The van der Waals surface area contributed by atoms with Crippen molar-refractivity contribution in [3.05, 3.63) is 63.1 Å². The minimum atomic E-state index is -0.432. The third-order valence-electron chi connectivity index (χ3n) is 3.81. The van der Waals surface area contributed by atoms with E-state index < -0.39 is 4.75 Å². The zero-order valence-corrected chi connectivity index (χ0v) is 16.3. The first kappa shape index (κ1) is 19.6. The van der Waals surface area contributed by atoms with Crippen LogP contribution in [0.2, 0.25) is 15.1 Å². The van der Waals surface area contributed by atoms with Crippen LogP contribution in [0.4, 0.5) is 0 Å². The number of benzene rings is 2. The van der Waals surface area contributed by atoms with Crippen LogP contribution < -0.4 is 5.73 Å². The molecule has 2 rings (SSSR count). The van der Waals surface area contributed by atoms with E-state index in [9.17, 15) is 0 Å². The molecule has 2 aromatic carbocycles. The lowest BCUT2D eigenvalue weighted by Crippen LogP contribution is -2.24. The molecule has 3 N–H and O–H groups in total. The van der Waals surface area contributed by atoms with Gasteiger partial charge in [0.1, 0.15) is 0 Å². The molecule has 0 saturated heterocycles. The van der Waals surface area contributed by atoms with Gasteiger partial charge in [0.15, 0.2) is 0 Å². The molecule has 0 aliphatic rings. The summed E-state index contributed by atoms with van der Waals surface area (Å²) in [4.78, 5) is 0.798. The van der Waals surface area contributed by atoms with Crippen molar-refractivity contribution in [2.24, 2.45) is 5.73 Å². The summed E-state index contributed by atoms with van der Waals surface area (Å²) in [6.07, 6.45) is 2.90. The molecule has 0 aliphatic heterocycles. The molecular weight excluding hydrogens is 383 g/mol. The van der Waals surface area contributed by atoms with E-state index in [1.165, 1.54) is 18.0 Å². The van der Waals surface area contributed by atoms with Crippen molar-refractivity contribution in [3.63, 3.8) is 0 Å². The van der Waals surface area contributed by atoms with Crippen molar-refractivity contribution in [2.45, 2.75) is 35.4 Å². The third-order valence-corrected chi connectivity index (χ3v) is 6.35. The van der Waals surface area contributed by atoms with E-state index in [0.29, 0.717) is 15.1 Å². The zero-order valence-electron chi connectivity index (χ0n) is 13.2. The molecule has 0 saturated carbocycles. The van der Waals surface area contributed by atoms with Gasteiger partial charge in [0.2, 0.25) is 0 Å². The van der Waals surface area contributed by atoms with Gasteiger partial charge in [-0.15, -0.1) is 11.8 Å². The molecule has 0 aromatic heterocycles. The Morgan fingerprint density at radius 3 is 2.25 bits per heavy atom. The predicted octanol–water partition coefficient (Wildman–Crippen LogP) is 6.63. The van der Waals surface area contributed by atoms with Crippen molar-refractivity contribution in [1.82, 2.24) is 0 Å². The molecule has 0 bridgehead atoms. The van der Waals surface area contributed by atoms with Crippen LogP contribution >= 0.6 is 46.6 Å². The highest BCUT2D eigenvalue weighted by Crippen LogP contribution is 2.43. The molecule has 2 atom stereocenters. The molecule has 0 aliphatic carbocycles. The highest BCUT2D eigenvalue weighted by molar-refractivity contribution is 8.01. The van der Waals surface area contributed by atoms with Gasteiger partial charge < -0.3 is 11.1 Å². The van der Waals surface area contributed by atoms with E-state index in [4.69, 9.17) is 45.9 Å². The van der Waals surface area contributed by atoms with Crippen LogP contribution in [-0.2, 0) is 0 Å². The van der Waals surface area contributed by atoms with Gasteiger partial charge in [-0.2, -0.15) is 0 Å². The Morgan fingerprint density at radius 1 is 1.12 bits per heavy atom. The highest BCUT2D eigenvalue weighted by Gasteiger charge is 2.26. The number of thioether (sulfide) groups is 1. The largest absolute Gasteiger partial charge is 0.324 e. The van der Waals surface area contributed by atoms with Crippen LogP contribution in [0.1, 0.15) is 31.4 Å². The van der Waals surface area contributed by atoms with E-state index in [1.54, 1.807) is 12.1 Å². The second-order valence-corrected chi connectivity index (χ2v) is 8.60. The fraction of sp³-hybridized carbons (Fsp3) is 0.278. The van der Waals surface area contributed by atoms with Crippen molar-refractivity contribution >= 4 is 52.8 Å². The first-order chi connectivity index (χ1) is 11.3. The number of nitrogens with one attached hydrogen (secondary N) is 1. The van der Waals surface area contributed by atoms with Gasteiger partial charge in [-0.1, -0.05) is 53.0 Å². The van der Waals surface area contributed by atoms with Crippen molar-refractivity contribution in [1.29, 1.82) is 5.41 Å². The average Bonchev–Trinajstić information content (AvgIpc) is 2.57. The second kappa shape index (κ2) is 8.59. The third kappa shape index (κ3) is 5.14. The summed E-state index contributed by atoms with van der Waals surface area (Å²) in [5.74, 6) is 0. The summed E-state index contributed by atoms with van der Waals surface area (Å²) in [5.41, 5.74) is 7.32. The summed E-state index contributed by atoms with van der Waals surface area (Å²) >= 11 is 19.9. The topological polar surface area (TPSA) is 49.9 Å². The Hall–Kier alpha value is -0.710. The molecule has 0 heterocycles. The Morgan fingerprint density at radius 2 is 1.71 bits per heavy atom. The molecule has 128 valence electrons. The van der Waals surface area contributed by atoms with Crippen LogP contribution in [0.15, 0.2) is 47.4 Å². The standard InChI is InChI=1S/C18H19Cl3N2S/c1-18(11-22,24-17-14(20)3-2-4-15(17)21)10-9-16(23)12-5-7-13(19)8-6-12/h2-8,11,16,22H,9-10,23H2,1H3. The monoisotopic (exact) mass is 400 g/mol. The molecular formula is C18H19Cl3N2S. The first-order valence-corrected chi connectivity index (χ1v) is 9.45. The summed E-state index contributed by atoms with van der Waals surface area (Å²) in [7, 11) is 0. The fourth-order valence-electron chi connectivity index (χ4n) is 2.28. The minimum absolute atomic E-state index is 0.108. The van der Waals surface area contributed by atoms with Crippen molar-refractivity contribution < 1.29 is 0 Å². The maximum Gasteiger partial charge on any atom is 0.0557 e. The van der Waals surface area contributed by atoms with Gasteiger partial charge in [-0.3, -0.25) is 0 Å². The van der Waals surface area contributed by atoms with E-state index >= 15 is 0 Å². The van der Waals surface area contributed by atoms with E-state index in [0.717, 1.165) is 23.3 Å². The molecule has 6 heteroatoms. The molecule has 24 heavy (non-hydrogen) atoms. The quantitative estimate of drug-likeness (QED) is 0.404. The summed E-state index contributed by atoms with van der Waals surface area (Å²) in [6.45, 7) is 2.00. The van der Waals surface area contributed by atoms with Gasteiger partial charge in [0.25, 0.3) is 0 Å². The van der Waals surface area contributed by atoms with Crippen LogP contribution in [0, 0.1) is 5.41 Å². The Balaban J connectivity index is 2.07. The van der Waals surface area contributed by atoms with E-state index in [2.05, 4.69) is 0 Å². The van der Waals surface area contributed by atoms with E-state index in [-0.39, 0.29) is 6.04 Å². The van der Waals surface area contributed by atoms with Gasteiger partial charge in [0, 0.05) is 22.2 Å². The molecule has 0 fully saturated rings. The van der Waals surface area contributed by atoms with Gasteiger partial charge in [-0.25, -0.2) is 0 Å². The zero-order chi connectivity index (χ0) is 17.7. The maximum atomic E-state index is 7.83. The van der Waals surface area contributed by atoms with Gasteiger partial charge >= 0.3 is 0 Å². The molecule has 0 spiro atoms. The smallest absolute Gasteiger partial charge is 0.0557 e. The van der Waals surface area contributed by atoms with Gasteiger partial charge in [0.05, 0.1) is 14.8 Å². The molecule has 2 unspecified atom stereocenters. The number of rotatable bonds is 7. The average molecular weight is 402 g/mol. The maximum absolute atomic E-state index is 7.83. The number of nitrogens with two attached hydrogens (primary N) is 1. The lowest BCUT2D eigenvalue weighted by atomic mass is 9.97. The van der Waals surface area contributed by atoms with Crippen molar-refractivity contribution in [3.8, 4) is 0 Å². The normalized spacial score (nSPS) is 14.9. The van der Waals surface area contributed by atoms with Crippen LogP contribution in [0.5, 0.6) is 0 Å². The Kier molecular flexibility index (Phi) is 7.02. The Labute approximate surface area is 162 Å². The first-order valence-electron chi connectivity index (χ1n) is 7.50. The summed E-state index contributed by atoms with van der Waals surface area (Å²) in [6, 6.07) is 12.9. The van der Waals surface area contributed by atoms with Crippen LogP contribution in [0.3, 0.4) is 0 Å². The highest BCUT2D eigenvalue weighted by atomic mass is 35.5. The minimum Gasteiger partial charge on any atom is -0.324 e. The Bertz CT molecular complexity index is 686. The summed E-state index contributed by atoms with van der Waals surface area (Å²) in [5, 5.41) is 9.73. The lowest BCUT2D eigenvalue weighted by Gasteiger charge is -2.26. The molecule has 0 radical (unpaired) electrons. The van der Waals surface area contributed by atoms with Gasteiger partial charge in [-0.05, 0) is 49.6 Å². The number of halogens is 3. The fourth-order valence-corrected chi connectivity index (χ4v) is 4.12. The second-order valence-electron chi connectivity index (χ2n) is 5.81. The SMILES string of the molecule is CC(C=N)(CCC(N)c1ccc(Cl)cc1)Sc1c(Cl)cccc1Cl. The number of hydrogen-bond acceptors (Lipinski definition) is 3. The number of hydrogen-bond donors (Lipinski definition) is 2. The summed E-state index contributed by atoms with van der Waals surface area (Å²) < 4.78 is -0.432. The van der Waals surface area contributed by atoms with Crippen LogP contribution in [-0.4, -0.2) is 11.0 Å². The molecule has 2 nitrogen and oxygen atoms in total. The lowest BCUT2D eigenvalue weighted by molar-refractivity contribution is 0.583.